The van der Waals surface area contributed by atoms with Crippen LogP contribution in [0.3, 0.4) is 0 Å². The number of hydrogen-bond acceptors (Lipinski definition) is 3. The Balaban J connectivity index is 2.02. The average molecular weight is 387 g/mol. The fourth-order valence-electron chi connectivity index (χ4n) is 4.07. The summed E-state index contributed by atoms with van der Waals surface area (Å²) in [5, 5.41) is 8.02. The van der Waals surface area contributed by atoms with E-state index >= 15 is 0 Å². The summed E-state index contributed by atoms with van der Waals surface area (Å²) in [5.41, 5.74) is 0. The molecular formula is C21H38O4S. The lowest BCUT2D eigenvalue weighted by Crippen LogP contribution is -2.31. The lowest BCUT2D eigenvalue weighted by Gasteiger charge is -2.28. The number of aliphatic hydroxyl groups is 1. The van der Waals surface area contributed by atoms with Gasteiger partial charge in [0.15, 0.2) is 0 Å². The van der Waals surface area contributed by atoms with Gasteiger partial charge in [-0.1, -0.05) is 76.5 Å². The van der Waals surface area contributed by atoms with Crippen molar-refractivity contribution in [1.82, 2.24) is 0 Å². The second-order valence-electron chi connectivity index (χ2n) is 7.68. The van der Waals surface area contributed by atoms with E-state index in [0.29, 0.717) is 6.42 Å². The highest BCUT2D eigenvalue weighted by molar-refractivity contribution is 7.86. The van der Waals surface area contributed by atoms with Crippen molar-refractivity contribution in [3.63, 3.8) is 0 Å². The van der Waals surface area contributed by atoms with Gasteiger partial charge >= 0.3 is 0 Å². The molecule has 0 radical (unpaired) electrons. The predicted molar refractivity (Wildman–Crippen MR) is 108 cm³/mol. The van der Waals surface area contributed by atoms with Crippen molar-refractivity contribution in [2.75, 3.05) is 6.61 Å². The summed E-state index contributed by atoms with van der Waals surface area (Å²) in [6.45, 7) is -0.0361. The van der Waals surface area contributed by atoms with Gasteiger partial charge in [0, 0.05) is 6.42 Å². The minimum atomic E-state index is -3.90. The number of aliphatic hydroxyl groups excluding tert-OH is 1. The van der Waals surface area contributed by atoms with Gasteiger partial charge in [-0.15, -0.1) is 5.92 Å². The van der Waals surface area contributed by atoms with Gasteiger partial charge in [0.05, 0.1) is 5.25 Å². The summed E-state index contributed by atoms with van der Waals surface area (Å²) < 4.78 is 33.0. The van der Waals surface area contributed by atoms with Crippen LogP contribution in [0.25, 0.3) is 0 Å². The second kappa shape index (κ2) is 14.5. The fraction of sp³-hybridized carbons (Fsp3) is 0.905. The molecule has 0 aromatic carbocycles. The summed E-state index contributed by atoms with van der Waals surface area (Å²) in [6.07, 6.45) is 17.2. The molecule has 0 aromatic heterocycles. The molecule has 0 aliphatic heterocycles. The Kier molecular flexibility index (Phi) is 13.1. The smallest absolute Gasteiger partial charge is 0.268 e. The first kappa shape index (κ1) is 23.5. The third-order valence-electron chi connectivity index (χ3n) is 5.55. The van der Waals surface area contributed by atoms with Crippen LogP contribution in [0.1, 0.15) is 103 Å². The first-order valence-corrected chi connectivity index (χ1v) is 12.1. The molecule has 2 N–H and O–H groups in total. The second-order valence-corrected chi connectivity index (χ2v) is 9.32. The van der Waals surface area contributed by atoms with E-state index in [2.05, 4.69) is 11.8 Å². The molecule has 0 amide bonds. The summed E-state index contributed by atoms with van der Waals surface area (Å²) in [6, 6.07) is 0. The van der Waals surface area contributed by atoms with Crippen LogP contribution in [-0.2, 0) is 10.1 Å². The van der Waals surface area contributed by atoms with Gasteiger partial charge in [0.2, 0.25) is 0 Å². The van der Waals surface area contributed by atoms with Crippen LogP contribution in [0.15, 0.2) is 0 Å². The quantitative estimate of drug-likeness (QED) is 0.262. The Morgan fingerprint density at radius 1 is 0.808 bits per heavy atom. The molecule has 4 nitrogen and oxygen atoms in total. The van der Waals surface area contributed by atoms with Gasteiger partial charge in [-0.05, 0) is 31.6 Å². The molecule has 0 spiro atoms. The topological polar surface area (TPSA) is 74.6 Å². The van der Waals surface area contributed by atoms with Gasteiger partial charge in [-0.25, -0.2) is 0 Å². The molecule has 1 atom stereocenters. The predicted octanol–water partition coefficient (Wildman–Crippen LogP) is 5.11. The molecule has 1 fully saturated rings. The van der Waals surface area contributed by atoms with Crippen molar-refractivity contribution < 1.29 is 18.1 Å². The normalized spacial score (nSPS) is 16.8. The van der Waals surface area contributed by atoms with Gasteiger partial charge < -0.3 is 5.11 Å². The zero-order valence-electron chi connectivity index (χ0n) is 16.3. The maximum Gasteiger partial charge on any atom is 0.268 e. The molecule has 1 aliphatic rings. The monoisotopic (exact) mass is 386 g/mol. The van der Waals surface area contributed by atoms with Crippen LogP contribution >= 0.6 is 0 Å². The van der Waals surface area contributed by atoms with E-state index in [1.165, 1.54) is 38.5 Å². The summed E-state index contributed by atoms with van der Waals surface area (Å²) in [7, 11) is -3.90. The van der Waals surface area contributed by atoms with Gasteiger partial charge in [0.1, 0.15) is 6.61 Å². The average Bonchev–Trinajstić information content (AvgIpc) is 2.62. The molecule has 26 heavy (non-hydrogen) atoms. The van der Waals surface area contributed by atoms with Crippen molar-refractivity contribution in [3.05, 3.63) is 0 Å². The van der Waals surface area contributed by atoms with Crippen molar-refractivity contribution in [2.45, 2.75) is 108 Å². The van der Waals surface area contributed by atoms with E-state index in [4.69, 9.17) is 5.11 Å². The standard InChI is InChI=1S/C21H38O4S/c22-19-15-10-8-6-4-2-1-3-5-7-9-14-18-21(26(23,24)25)20-16-12-11-13-17-20/h20-22H,1-9,11-14,16-19H2,(H,23,24,25)/t21-/m0/s1. The van der Waals surface area contributed by atoms with Crippen molar-refractivity contribution >= 4 is 10.1 Å². The zero-order valence-corrected chi connectivity index (χ0v) is 17.1. The fourth-order valence-corrected chi connectivity index (χ4v) is 5.30. The Morgan fingerprint density at radius 2 is 1.35 bits per heavy atom. The Bertz CT molecular complexity index is 498. The third kappa shape index (κ3) is 11.2. The van der Waals surface area contributed by atoms with Crippen molar-refractivity contribution in [3.8, 4) is 11.8 Å². The first-order valence-electron chi connectivity index (χ1n) is 10.6. The van der Waals surface area contributed by atoms with Crippen molar-refractivity contribution in [1.29, 1.82) is 0 Å². The lowest BCUT2D eigenvalue weighted by molar-refractivity contribution is 0.314. The van der Waals surface area contributed by atoms with Gasteiger partial charge in [-0.3, -0.25) is 4.55 Å². The SMILES string of the molecule is O=S(=O)(O)[C@@H](CCCCCCCCCCCC#CCO)C1CCCCC1. The molecule has 1 aliphatic carbocycles. The Labute approximate surface area is 160 Å². The molecular weight excluding hydrogens is 348 g/mol. The van der Waals surface area contributed by atoms with Crippen LogP contribution in [0.4, 0.5) is 0 Å². The highest BCUT2D eigenvalue weighted by Gasteiger charge is 2.32. The summed E-state index contributed by atoms with van der Waals surface area (Å²) in [4.78, 5) is 0. The molecule has 0 aromatic rings. The van der Waals surface area contributed by atoms with Crippen LogP contribution in [0.5, 0.6) is 0 Å². The van der Waals surface area contributed by atoms with Crippen LogP contribution < -0.4 is 0 Å². The molecule has 0 heterocycles. The highest BCUT2D eigenvalue weighted by Crippen LogP contribution is 2.32. The van der Waals surface area contributed by atoms with Crippen LogP contribution in [0.2, 0.25) is 0 Å². The van der Waals surface area contributed by atoms with Crippen LogP contribution in [-0.4, -0.2) is 29.9 Å². The lowest BCUT2D eigenvalue weighted by atomic mass is 9.85. The minimum Gasteiger partial charge on any atom is -0.384 e. The summed E-state index contributed by atoms with van der Waals surface area (Å²) in [5.74, 6) is 5.78. The van der Waals surface area contributed by atoms with Gasteiger partial charge in [0.25, 0.3) is 10.1 Å². The Hall–Kier alpha value is -0.570. The zero-order chi connectivity index (χ0) is 19.1. The molecule has 1 saturated carbocycles. The van der Waals surface area contributed by atoms with E-state index in [0.717, 1.165) is 57.8 Å². The largest absolute Gasteiger partial charge is 0.384 e. The van der Waals surface area contributed by atoms with Gasteiger partial charge in [-0.2, -0.15) is 8.42 Å². The maximum atomic E-state index is 11.7. The molecule has 5 heteroatoms. The first-order chi connectivity index (χ1) is 12.6. The molecule has 1 rings (SSSR count). The van der Waals surface area contributed by atoms with E-state index in [-0.39, 0.29) is 12.5 Å². The maximum absolute atomic E-state index is 11.7. The van der Waals surface area contributed by atoms with E-state index < -0.39 is 15.4 Å². The number of hydrogen-bond donors (Lipinski definition) is 2. The molecule has 152 valence electrons. The van der Waals surface area contributed by atoms with Crippen molar-refractivity contribution in [2.24, 2.45) is 5.92 Å². The third-order valence-corrected chi connectivity index (χ3v) is 6.94. The Morgan fingerprint density at radius 3 is 1.88 bits per heavy atom. The van der Waals surface area contributed by atoms with E-state index in [9.17, 15) is 13.0 Å². The molecule has 0 unspecified atom stereocenters. The van der Waals surface area contributed by atoms with E-state index in [1.807, 2.05) is 0 Å². The molecule has 0 bridgehead atoms. The minimum absolute atomic E-state index is 0.0361. The molecule has 0 saturated heterocycles. The number of unbranched alkanes of at least 4 members (excludes halogenated alkanes) is 9. The van der Waals surface area contributed by atoms with E-state index in [1.54, 1.807) is 0 Å². The van der Waals surface area contributed by atoms with Crippen LogP contribution in [0, 0.1) is 17.8 Å². The summed E-state index contributed by atoms with van der Waals surface area (Å²) >= 11 is 0. The number of rotatable bonds is 13. The highest BCUT2D eigenvalue weighted by atomic mass is 32.2.